The van der Waals surface area contributed by atoms with Crippen molar-refractivity contribution < 1.29 is 23.8 Å². The fraction of sp³-hybridized carbons (Fsp3) is 0.250. The third-order valence-corrected chi connectivity index (χ3v) is 5.83. The summed E-state index contributed by atoms with van der Waals surface area (Å²) in [6.07, 6.45) is 1.64. The summed E-state index contributed by atoms with van der Waals surface area (Å²) in [5.41, 5.74) is 8.13. The van der Waals surface area contributed by atoms with E-state index in [1.807, 2.05) is 36.4 Å². The molecule has 1 aliphatic heterocycles. The number of rotatable bonds is 5. The minimum absolute atomic E-state index is 0.0498. The zero-order chi connectivity index (χ0) is 22.0. The Morgan fingerprint density at radius 2 is 1.90 bits per heavy atom. The van der Waals surface area contributed by atoms with E-state index in [4.69, 9.17) is 31.5 Å². The van der Waals surface area contributed by atoms with Crippen molar-refractivity contribution in [3.05, 3.63) is 87.5 Å². The molecule has 1 atom stereocenters. The molecule has 0 bridgehead atoms. The number of ketones is 1. The van der Waals surface area contributed by atoms with Gasteiger partial charge in [0.2, 0.25) is 5.88 Å². The average molecular weight is 440 g/mol. The van der Waals surface area contributed by atoms with Crippen molar-refractivity contribution in [3.8, 4) is 5.75 Å². The molecule has 0 fully saturated rings. The second-order valence-electron chi connectivity index (χ2n) is 7.34. The normalized spacial score (nSPS) is 18.4. The number of hydrogen-bond acceptors (Lipinski definition) is 6. The number of carbonyl (C=O) groups is 2. The Hall–Kier alpha value is -3.25. The second-order valence-corrected chi connectivity index (χ2v) is 7.74. The first-order valence-electron chi connectivity index (χ1n) is 9.98. The first-order chi connectivity index (χ1) is 15.0. The van der Waals surface area contributed by atoms with Crippen LogP contribution >= 0.6 is 11.6 Å². The van der Waals surface area contributed by atoms with Gasteiger partial charge < -0.3 is 19.9 Å². The van der Waals surface area contributed by atoms with Gasteiger partial charge in [0.05, 0.1) is 13.0 Å². The predicted molar refractivity (Wildman–Crippen MR) is 115 cm³/mol. The molecule has 0 spiro atoms. The number of esters is 1. The van der Waals surface area contributed by atoms with Gasteiger partial charge in [0, 0.05) is 34.6 Å². The highest BCUT2D eigenvalue weighted by Crippen LogP contribution is 2.46. The summed E-state index contributed by atoms with van der Waals surface area (Å²) in [5.74, 6) is -0.465. The van der Waals surface area contributed by atoms with E-state index in [0.717, 1.165) is 5.56 Å². The van der Waals surface area contributed by atoms with Gasteiger partial charge in [0.25, 0.3) is 0 Å². The summed E-state index contributed by atoms with van der Waals surface area (Å²) < 4.78 is 16.7. The van der Waals surface area contributed by atoms with E-state index < -0.39 is 11.9 Å². The highest BCUT2D eigenvalue weighted by molar-refractivity contribution is 6.31. The van der Waals surface area contributed by atoms with Gasteiger partial charge in [0.15, 0.2) is 5.78 Å². The monoisotopic (exact) mass is 439 g/mol. The highest BCUT2D eigenvalue weighted by Gasteiger charge is 2.42. The number of halogens is 1. The van der Waals surface area contributed by atoms with Crippen LogP contribution in [-0.4, -0.2) is 18.9 Å². The number of allylic oxidation sites excluding steroid dienone is 2. The lowest BCUT2D eigenvalue weighted by atomic mass is 9.77. The minimum Gasteiger partial charge on any atom is -0.489 e. The zero-order valence-corrected chi connectivity index (χ0v) is 17.8. The Kier molecular flexibility index (Phi) is 6.00. The molecule has 0 aromatic heterocycles. The van der Waals surface area contributed by atoms with Crippen LogP contribution in [-0.2, 0) is 25.7 Å². The summed E-state index contributed by atoms with van der Waals surface area (Å²) in [6, 6.07) is 14.7. The summed E-state index contributed by atoms with van der Waals surface area (Å²) >= 11 is 6.26. The number of para-hydroxylation sites is 1. The summed E-state index contributed by atoms with van der Waals surface area (Å²) in [4.78, 5) is 25.5. The van der Waals surface area contributed by atoms with Gasteiger partial charge >= 0.3 is 5.97 Å². The van der Waals surface area contributed by atoms with E-state index in [0.29, 0.717) is 46.9 Å². The number of benzene rings is 2. The molecule has 7 heteroatoms. The lowest BCUT2D eigenvalue weighted by Gasteiger charge is -2.32. The van der Waals surface area contributed by atoms with E-state index in [2.05, 4.69) is 0 Å². The maximum Gasteiger partial charge on any atom is 0.340 e. The quantitative estimate of drug-likeness (QED) is 0.695. The number of methoxy groups -OCH3 is 1. The molecule has 31 heavy (non-hydrogen) atoms. The molecular weight excluding hydrogens is 418 g/mol. The van der Waals surface area contributed by atoms with Gasteiger partial charge in [-0.2, -0.15) is 0 Å². The van der Waals surface area contributed by atoms with Gasteiger partial charge in [-0.05, 0) is 18.6 Å². The molecule has 4 rings (SSSR count). The highest BCUT2D eigenvalue weighted by atomic mass is 35.5. The topological polar surface area (TPSA) is 87.9 Å². The summed E-state index contributed by atoms with van der Waals surface area (Å²) in [5, 5.41) is 0.595. The molecule has 2 aromatic rings. The zero-order valence-electron chi connectivity index (χ0n) is 17.0. The Bertz CT molecular complexity index is 1100. The molecule has 6 nitrogen and oxygen atoms in total. The molecule has 2 aliphatic rings. The molecule has 160 valence electrons. The van der Waals surface area contributed by atoms with Crippen molar-refractivity contribution in [3.63, 3.8) is 0 Å². The molecule has 1 unspecified atom stereocenters. The predicted octanol–water partition coefficient (Wildman–Crippen LogP) is 4.38. The summed E-state index contributed by atoms with van der Waals surface area (Å²) in [7, 11) is 1.27. The van der Waals surface area contributed by atoms with Crippen LogP contribution in [0.2, 0.25) is 5.02 Å². The van der Waals surface area contributed by atoms with E-state index >= 15 is 0 Å². The average Bonchev–Trinajstić information content (AvgIpc) is 2.77. The van der Waals surface area contributed by atoms with Crippen LogP contribution in [0.1, 0.15) is 36.3 Å². The smallest absolute Gasteiger partial charge is 0.340 e. The first-order valence-corrected chi connectivity index (χ1v) is 10.4. The molecule has 0 saturated carbocycles. The first kappa shape index (κ1) is 21.0. The van der Waals surface area contributed by atoms with Crippen LogP contribution in [0.3, 0.4) is 0 Å². The third-order valence-electron chi connectivity index (χ3n) is 5.46. The fourth-order valence-corrected chi connectivity index (χ4v) is 4.19. The van der Waals surface area contributed by atoms with E-state index in [1.54, 1.807) is 12.1 Å². The van der Waals surface area contributed by atoms with Crippen LogP contribution in [0.25, 0.3) is 0 Å². The maximum absolute atomic E-state index is 12.9. The number of hydrogen-bond donors (Lipinski definition) is 1. The Balaban J connectivity index is 1.79. The van der Waals surface area contributed by atoms with Crippen molar-refractivity contribution in [2.24, 2.45) is 5.73 Å². The standard InChI is InChI=1S/C24H22ClNO5/c1-29-24(28)22-20(21-17(27)10-6-12-19(21)31-23(22)26)15-8-3-5-11-18(15)30-13-14-7-2-4-9-16(14)25/h2-5,7-9,11,20H,6,10,12-13,26H2,1H3. The lowest BCUT2D eigenvalue weighted by Crippen LogP contribution is -2.31. The van der Waals surface area contributed by atoms with E-state index in [9.17, 15) is 9.59 Å². The van der Waals surface area contributed by atoms with Crippen LogP contribution in [0.15, 0.2) is 71.3 Å². The Morgan fingerprint density at radius 1 is 1.16 bits per heavy atom. The molecule has 1 aliphatic carbocycles. The summed E-state index contributed by atoms with van der Waals surface area (Å²) in [6.45, 7) is 0.229. The van der Waals surface area contributed by atoms with Gasteiger partial charge in [-0.15, -0.1) is 0 Å². The van der Waals surface area contributed by atoms with Crippen molar-refractivity contribution >= 4 is 23.4 Å². The van der Waals surface area contributed by atoms with Crippen LogP contribution in [0.5, 0.6) is 5.75 Å². The molecule has 2 aromatic carbocycles. The number of ether oxygens (including phenoxy) is 3. The van der Waals surface area contributed by atoms with Gasteiger partial charge in [-0.1, -0.05) is 48.0 Å². The Morgan fingerprint density at radius 3 is 2.68 bits per heavy atom. The number of carbonyl (C=O) groups excluding carboxylic acids is 2. The van der Waals surface area contributed by atoms with Crippen LogP contribution in [0.4, 0.5) is 0 Å². The molecule has 0 radical (unpaired) electrons. The molecule has 1 heterocycles. The maximum atomic E-state index is 12.9. The van der Waals surface area contributed by atoms with Crippen molar-refractivity contribution in [1.29, 1.82) is 0 Å². The molecule has 0 saturated heterocycles. The van der Waals surface area contributed by atoms with Crippen molar-refractivity contribution in [2.45, 2.75) is 31.8 Å². The van der Waals surface area contributed by atoms with Crippen LogP contribution < -0.4 is 10.5 Å². The van der Waals surface area contributed by atoms with E-state index in [-0.39, 0.29) is 23.8 Å². The lowest BCUT2D eigenvalue weighted by molar-refractivity contribution is -0.136. The third kappa shape index (κ3) is 4.03. The van der Waals surface area contributed by atoms with Gasteiger partial charge in [-0.25, -0.2) is 4.79 Å². The number of nitrogens with two attached hydrogens (primary N) is 1. The minimum atomic E-state index is -0.730. The molecular formula is C24H22ClNO5. The molecule has 2 N–H and O–H groups in total. The second kappa shape index (κ2) is 8.86. The van der Waals surface area contributed by atoms with Crippen molar-refractivity contribution in [2.75, 3.05) is 7.11 Å². The largest absolute Gasteiger partial charge is 0.489 e. The SMILES string of the molecule is COC(=O)C1=C(N)OC2=C(C(=O)CCC2)C1c1ccccc1OCc1ccccc1Cl. The van der Waals surface area contributed by atoms with Gasteiger partial charge in [0.1, 0.15) is 23.7 Å². The van der Waals surface area contributed by atoms with Crippen molar-refractivity contribution in [1.82, 2.24) is 0 Å². The number of Topliss-reactive ketones (excluding diaryl/α,β-unsaturated/α-hetero) is 1. The Labute approximate surface area is 185 Å². The molecule has 0 amide bonds. The van der Waals surface area contributed by atoms with Gasteiger partial charge in [-0.3, -0.25) is 4.79 Å². The van der Waals surface area contributed by atoms with Crippen LogP contribution in [0, 0.1) is 0 Å². The van der Waals surface area contributed by atoms with E-state index in [1.165, 1.54) is 7.11 Å². The fourth-order valence-electron chi connectivity index (χ4n) is 4.00.